The zero-order valence-electron chi connectivity index (χ0n) is 17.8. The van der Waals surface area contributed by atoms with Crippen molar-refractivity contribution in [2.45, 2.75) is 23.2 Å². The smallest absolute Gasteiger partial charge is 0.418 e. The molecule has 0 saturated carbocycles. The van der Waals surface area contributed by atoms with Crippen LogP contribution >= 0.6 is 11.8 Å². The van der Waals surface area contributed by atoms with E-state index in [0.717, 1.165) is 11.0 Å². The molecule has 2 N–H and O–H groups in total. The van der Waals surface area contributed by atoms with Crippen molar-refractivity contribution in [1.82, 2.24) is 0 Å². The van der Waals surface area contributed by atoms with Crippen LogP contribution in [0.3, 0.4) is 0 Å². The van der Waals surface area contributed by atoms with Gasteiger partial charge in [0.1, 0.15) is 5.75 Å². The molecule has 5 nitrogen and oxygen atoms in total. The van der Waals surface area contributed by atoms with Gasteiger partial charge in [-0.2, -0.15) is 13.2 Å². The SMILES string of the molecule is COc1ccc(C(=O)Nc2ccc(SC(C)C(=O)Nc3ccccc3C(F)(F)F)cc2)cc1. The van der Waals surface area contributed by atoms with Gasteiger partial charge >= 0.3 is 6.18 Å². The molecule has 172 valence electrons. The van der Waals surface area contributed by atoms with Gasteiger partial charge in [-0.3, -0.25) is 9.59 Å². The van der Waals surface area contributed by atoms with Gasteiger partial charge in [-0.15, -0.1) is 11.8 Å². The number of amides is 2. The van der Waals surface area contributed by atoms with Gasteiger partial charge in [-0.05, 0) is 67.6 Å². The molecule has 0 aliphatic rings. The number of carbonyl (C=O) groups is 2. The fourth-order valence-electron chi connectivity index (χ4n) is 2.89. The fraction of sp³-hybridized carbons (Fsp3) is 0.167. The first-order chi connectivity index (χ1) is 15.7. The normalized spacial score (nSPS) is 12.0. The predicted octanol–water partition coefficient (Wildman–Crippen LogP) is 6.09. The number of benzene rings is 3. The summed E-state index contributed by atoms with van der Waals surface area (Å²) in [6.45, 7) is 1.61. The molecule has 33 heavy (non-hydrogen) atoms. The highest BCUT2D eigenvalue weighted by Crippen LogP contribution is 2.35. The number of ether oxygens (including phenoxy) is 1. The number of rotatable bonds is 7. The average Bonchev–Trinajstić information content (AvgIpc) is 2.80. The van der Waals surface area contributed by atoms with E-state index in [0.29, 0.717) is 17.0 Å². The molecule has 9 heteroatoms. The Balaban J connectivity index is 1.59. The zero-order chi connectivity index (χ0) is 24.0. The molecule has 0 spiro atoms. The Morgan fingerprint density at radius 2 is 1.55 bits per heavy atom. The van der Waals surface area contributed by atoms with Crippen molar-refractivity contribution in [1.29, 1.82) is 0 Å². The summed E-state index contributed by atoms with van der Waals surface area (Å²) in [7, 11) is 1.54. The van der Waals surface area contributed by atoms with Crippen LogP contribution in [-0.2, 0) is 11.0 Å². The van der Waals surface area contributed by atoms with Crippen molar-refractivity contribution in [2.24, 2.45) is 0 Å². The Morgan fingerprint density at radius 3 is 2.15 bits per heavy atom. The molecular weight excluding hydrogens is 453 g/mol. The molecule has 3 aromatic carbocycles. The van der Waals surface area contributed by atoms with Crippen LogP contribution in [0.4, 0.5) is 24.5 Å². The molecule has 0 saturated heterocycles. The summed E-state index contributed by atoms with van der Waals surface area (Å²) in [4.78, 5) is 25.5. The third-order valence-electron chi connectivity index (χ3n) is 4.64. The maximum Gasteiger partial charge on any atom is 0.418 e. The number of methoxy groups -OCH3 is 1. The van der Waals surface area contributed by atoms with Gasteiger partial charge in [0.2, 0.25) is 5.91 Å². The average molecular weight is 475 g/mol. The number of hydrogen-bond acceptors (Lipinski definition) is 4. The second kappa shape index (κ2) is 10.4. The Morgan fingerprint density at radius 1 is 0.909 bits per heavy atom. The summed E-state index contributed by atoms with van der Waals surface area (Å²) in [6, 6.07) is 18.3. The molecule has 0 bridgehead atoms. The fourth-order valence-corrected chi connectivity index (χ4v) is 3.76. The van der Waals surface area contributed by atoms with E-state index < -0.39 is 22.9 Å². The minimum absolute atomic E-state index is 0.279. The van der Waals surface area contributed by atoms with E-state index >= 15 is 0 Å². The molecule has 1 atom stereocenters. The standard InChI is InChI=1S/C24H21F3N2O3S/c1-15(22(30)29-21-6-4-3-5-20(21)24(25,26)27)33-19-13-9-17(10-14-19)28-23(31)16-7-11-18(32-2)12-8-16/h3-15H,1-2H3,(H,28,31)(H,29,30). The minimum atomic E-state index is -4.56. The van der Waals surface area contributed by atoms with Gasteiger partial charge in [-0.25, -0.2) is 0 Å². The van der Waals surface area contributed by atoms with E-state index in [1.165, 1.54) is 30.0 Å². The summed E-state index contributed by atoms with van der Waals surface area (Å²) in [6.07, 6.45) is -4.56. The largest absolute Gasteiger partial charge is 0.497 e. The highest BCUT2D eigenvalue weighted by atomic mass is 32.2. The van der Waals surface area contributed by atoms with Crippen LogP contribution in [0.25, 0.3) is 0 Å². The van der Waals surface area contributed by atoms with Crippen LogP contribution in [0.15, 0.2) is 77.7 Å². The second-order valence-electron chi connectivity index (χ2n) is 7.00. The van der Waals surface area contributed by atoms with Gasteiger partial charge in [-0.1, -0.05) is 12.1 Å². The summed E-state index contributed by atoms with van der Waals surface area (Å²) in [5.74, 6) is -0.185. The molecule has 0 aliphatic carbocycles. The second-order valence-corrected chi connectivity index (χ2v) is 8.41. The summed E-state index contributed by atoms with van der Waals surface area (Å²) < 4.78 is 44.4. The predicted molar refractivity (Wildman–Crippen MR) is 123 cm³/mol. The van der Waals surface area contributed by atoms with Gasteiger partial charge in [0.05, 0.1) is 23.6 Å². The number of alkyl halides is 3. The Labute approximate surface area is 193 Å². The third kappa shape index (κ3) is 6.52. The van der Waals surface area contributed by atoms with Gasteiger partial charge in [0, 0.05) is 16.1 Å². The number of hydrogen-bond donors (Lipinski definition) is 2. The molecule has 3 rings (SSSR count). The van der Waals surface area contributed by atoms with Crippen molar-refractivity contribution in [3.63, 3.8) is 0 Å². The summed E-state index contributed by atoms with van der Waals surface area (Å²) in [5.41, 5.74) is -0.137. The molecule has 1 unspecified atom stereocenters. The molecule has 0 fully saturated rings. The van der Waals surface area contributed by atoms with Crippen LogP contribution in [0.1, 0.15) is 22.8 Å². The van der Waals surface area contributed by atoms with Crippen molar-refractivity contribution < 1.29 is 27.5 Å². The number of nitrogens with one attached hydrogen (secondary N) is 2. The quantitative estimate of drug-likeness (QED) is 0.407. The lowest BCUT2D eigenvalue weighted by Gasteiger charge is -2.16. The van der Waals surface area contributed by atoms with Gasteiger partial charge < -0.3 is 15.4 Å². The van der Waals surface area contributed by atoms with Crippen molar-refractivity contribution >= 4 is 35.0 Å². The van der Waals surface area contributed by atoms with Crippen molar-refractivity contribution in [3.8, 4) is 5.75 Å². The number of halogens is 3. The molecule has 3 aromatic rings. The maximum absolute atomic E-state index is 13.1. The first-order valence-electron chi connectivity index (χ1n) is 9.86. The number of anilines is 2. The van der Waals surface area contributed by atoms with Crippen molar-refractivity contribution in [3.05, 3.63) is 83.9 Å². The molecular formula is C24H21F3N2O3S. The molecule has 0 aromatic heterocycles. The topological polar surface area (TPSA) is 67.4 Å². The van der Waals surface area contributed by atoms with Gasteiger partial charge in [0.15, 0.2) is 0 Å². The Kier molecular flexibility index (Phi) is 7.65. The van der Waals surface area contributed by atoms with Crippen LogP contribution in [-0.4, -0.2) is 24.2 Å². The Hall–Kier alpha value is -3.46. The lowest BCUT2D eigenvalue weighted by molar-refractivity contribution is -0.137. The lowest BCUT2D eigenvalue weighted by atomic mass is 10.1. The van der Waals surface area contributed by atoms with E-state index in [9.17, 15) is 22.8 Å². The lowest BCUT2D eigenvalue weighted by Crippen LogP contribution is -2.24. The maximum atomic E-state index is 13.1. The monoisotopic (exact) mass is 474 g/mol. The number of para-hydroxylation sites is 1. The van der Waals surface area contributed by atoms with Crippen LogP contribution in [0.2, 0.25) is 0 Å². The van der Waals surface area contributed by atoms with E-state index in [1.807, 2.05) is 0 Å². The summed E-state index contributed by atoms with van der Waals surface area (Å²) in [5, 5.41) is 4.49. The summed E-state index contributed by atoms with van der Waals surface area (Å²) >= 11 is 1.19. The number of thioether (sulfide) groups is 1. The minimum Gasteiger partial charge on any atom is -0.497 e. The van der Waals surface area contributed by atoms with Crippen molar-refractivity contribution in [2.75, 3.05) is 17.7 Å². The molecule has 0 heterocycles. The van der Waals surface area contributed by atoms with Crippen LogP contribution in [0, 0.1) is 0 Å². The molecule has 0 radical (unpaired) electrons. The van der Waals surface area contributed by atoms with Crippen LogP contribution in [0.5, 0.6) is 5.75 Å². The highest BCUT2D eigenvalue weighted by molar-refractivity contribution is 8.00. The first-order valence-corrected chi connectivity index (χ1v) is 10.7. The van der Waals surface area contributed by atoms with Crippen LogP contribution < -0.4 is 15.4 Å². The molecule has 0 aliphatic heterocycles. The highest BCUT2D eigenvalue weighted by Gasteiger charge is 2.33. The van der Waals surface area contributed by atoms with Gasteiger partial charge in [0.25, 0.3) is 5.91 Å². The van der Waals surface area contributed by atoms with E-state index in [-0.39, 0.29) is 11.6 Å². The first kappa shape index (κ1) is 24.2. The van der Waals surface area contributed by atoms with E-state index in [4.69, 9.17) is 4.74 Å². The Bertz CT molecular complexity index is 1120. The number of carbonyl (C=O) groups excluding carboxylic acids is 2. The molecule has 2 amide bonds. The van der Waals surface area contributed by atoms with E-state index in [2.05, 4.69) is 10.6 Å². The van der Waals surface area contributed by atoms with E-state index in [1.54, 1.807) is 62.6 Å². The zero-order valence-corrected chi connectivity index (χ0v) is 18.6. The third-order valence-corrected chi connectivity index (χ3v) is 5.75.